The van der Waals surface area contributed by atoms with Crippen LogP contribution >= 0.6 is 0 Å². The molecule has 1 unspecified atom stereocenters. The molecule has 0 amide bonds. The summed E-state index contributed by atoms with van der Waals surface area (Å²) in [7, 11) is 1.62. The fourth-order valence-corrected chi connectivity index (χ4v) is 2.01. The number of rotatable bonds is 11. The third kappa shape index (κ3) is 8.58. The van der Waals surface area contributed by atoms with Crippen LogP contribution in [-0.2, 0) is 0 Å². The van der Waals surface area contributed by atoms with Crippen LogP contribution in [0.15, 0.2) is 24.3 Å². The first-order valence-electron chi connectivity index (χ1n) is 7.77. The largest absolute Gasteiger partial charge is 0.497 e. The zero-order valence-corrected chi connectivity index (χ0v) is 13.5. The molecule has 0 radical (unpaired) electrons. The van der Waals surface area contributed by atoms with E-state index in [1.165, 1.54) is 12.8 Å². The van der Waals surface area contributed by atoms with E-state index in [0.717, 1.165) is 24.6 Å². The van der Waals surface area contributed by atoms with Crippen molar-refractivity contribution in [2.45, 2.75) is 39.2 Å². The minimum atomic E-state index is -0.499. The maximum atomic E-state index is 9.86. The topological polar surface area (TPSA) is 50.7 Å². The summed E-state index contributed by atoms with van der Waals surface area (Å²) in [6.45, 7) is 6.28. The third-order valence-electron chi connectivity index (χ3n) is 3.25. The molecule has 0 bridgehead atoms. The first-order chi connectivity index (χ1) is 10.1. The average molecular weight is 295 g/mol. The molecule has 21 heavy (non-hydrogen) atoms. The van der Waals surface area contributed by atoms with E-state index in [2.05, 4.69) is 19.2 Å². The predicted molar refractivity (Wildman–Crippen MR) is 86.1 cm³/mol. The van der Waals surface area contributed by atoms with Gasteiger partial charge in [-0.15, -0.1) is 0 Å². The molecule has 0 aromatic heterocycles. The maximum absolute atomic E-state index is 9.86. The van der Waals surface area contributed by atoms with Crippen LogP contribution in [0.4, 0.5) is 0 Å². The second-order valence-corrected chi connectivity index (χ2v) is 5.74. The van der Waals surface area contributed by atoms with Gasteiger partial charge in [0.25, 0.3) is 0 Å². The van der Waals surface area contributed by atoms with E-state index >= 15 is 0 Å². The van der Waals surface area contributed by atoms with Gasteiger partial charge in [-0.1, -0.05) is 32.8 Å². The minimum absolute atomic E-state index is 0.284. The average Bonchev–Trinajstić information content (AvgIpc) is 2.48. The van der Waals surface area contributed by atoms with Crippen molar-refractivity contribution in [3.63, 3.8) is 0 Å². The molecule has 1 aromatic carbocycles. The molecular weight excluding hydrogens is 266 g/mol. The molecule has 0 aliphatic carbocycles. The lowest BCUT2D eigenvalue weighted by Gasteiger charge is -2.14. The summed E-state index contributed by atoms with van der Waals surface area (Å²) in [5.41, 5.74) is 0. The number of aliphatic hydroxyl groups is 1. The third-order valence-corrected chi connectivity index (χ3v) is 3.25. The molecule has 4 nitrogen and oxygen atoms in total. The summed E-state index contributed by atoms with van der Waals surface area (Å²) in [6, 6.07) is 7.40. The van der Waals surface area contributed by atoms with Crippen molar-refractivity contribution in [3.8, 4) is 11.5 Å². The zero-order valence-electron chi connectivity index (χ0n) is 13.5. The highest BCUT2D eigenvalue weighted by atomic mass is 16.5. The smallest absolute Gasteiger partial charge is 0.123 e. The maximum Gasteiger partial charge on any atom is 0.123 e. The molecule has 1 aromatic rings. The van der Waals surface area contributed by atoms with Gasteiger partial charge in [-0.3, -0.25) is 0 Å². The van der Waals surface area contributed by atoms with Crippen LogP contribution in [0.5, 0.6) is 11.5 Å². The van der Waals surface area contributed by atoms with Gasteiger partial charge in [0.15, 0.2) is 0 Å². The molecule has 0 fully saturated rings. The van der Waals surface area contributed by atoms with Gasteiger partial charge in [0.1, 0.15) is 24.2 Å². The van der Waals surface area contributed by atoms with Gasteiger partial charge in [-0.2, -0.15) is 0 Å². The zero-order chi connectivity index (χ0) is 15.5. The van der Waals surface area contributed by atoms with Gasteiger partial charge < -0.3 is 19.9 Å². The fraction of sp³-hybridized carbons (Fsp3) is 0.647. The summed E-state index contributed by atoms with van der Waals surface area (Å²) in [5, 5.41) is 13.1. The molecule has 4 heteroatoms. The van der Waals surface area contributed by atoms with E-state index in [-0.39, 0.29) is 6.61 Å². The van der Waals surface area contributed by atoms with Gasteiger partial charge in [-0.05, 0) is 31.0 Å². The van der Waals surface area contributed by atoms with E-state index in [1.807, 2.05) is 24.3 Å². The Bertz CT molecular complexity index is 382. The molecule has 0 spiro atoms. The molecule has 0 aliphatic heterocycles. The Balaban J connectivity index is 2.09. The lowest BCUT2D eigenvalue weighted by atomic mass is 10.1. The van der Waals surface area contributed by atoms with Crippen molar-refractivity contribution in [3.05, 3.63) is 24.3 Å². The van der Waals surface area contributed by atoms with Crippen molar-refractivity contribution in [2.75, 3.05) is 26.8 Å². The Morgan fingerprint density at radius 2 is 1.95 bits per heavy atom. The van der Waals surface area contributed by atoms with Crippen molar-refractivity contribution in [1.82, 2.24) is 5.32 Å². The molecule has 0 aliphatic rings. The van der Waals surface area contributed by atoms with Crippen LogP contribution in [0.25, 0.3) is 0 Å². The monoisotopic (exact) mass is 295 g/mol. The molecule has 0 heterocycles. The predicted octanol–water partition coefficient (Wildman–Crippen LogP) is 2.85. The normalized spacial score (nSPS) is 12.4. The van der Waals surface area contributed by atoms with Gasteiger partial charge in [0.05, 0.1) is 7.11 Å². The highest BCUT2D eigenvalue weighted by Crippen LogP contribution is 2.18. The van der Waals surface area contributed by atoms with E-state index in [9.17, 15) is 5.11 Å². The Kier molecular flexibility index (Phi) is 8.87. The number of benzene rings is 1. The van der Waals surface area contributed by atoms with Crippen LogP contribution < -0.4 is 14.8 Å². The van der Waals surface area contributed by atoms with E-state index in [1.54, 1.807) is 7.11 Å². The van der Waals surface area contributed by atoms with Crippen LogP contribution in [0.1, 0.15) is 33.1 Å². The van der Waals surface area contributed by atoms with Crippen molar-refractivity contribution < 1.29 is 14.6 Å². The Morgan fingerprint density at radius 1 is 1.19 bits per heavy atom. The number of hydrogen-bond donors (Lipinski definition) is 2. The number of methoxy groups -OCH3 is 1. The molecule has 0 saturated carbocycles. The van der Waals surface area contributed by atoms with Gasteiger partial charge in [0, 0.05) is 12.6 Å². The summed E-state index contributed by atoms with van der Waals surface area (Å²) in [5.74, 6) is 2.24. The van der Waals surface area contributed by atoms with Gasteiger partial charge in [-0.25, -0.2) is 0 Å². The molecule has 120 valence electrons. The van der Waals surface area contributed by atoms with E-state index in [0.29, 0.717) is 12.3 Å². The van der Waals surface area contributed by atoms with Crippen molar-refractivity contribution in [1.29, 1.82) is 0 Å². The van der Waals surface area contributed by atoms with Crippen LogP contribution in [-0.4, -0.2) is 38.0 Å². The Labute approximate surface area is 128 Å². The molecule has 0 saturated heterocycles. The van der Waals surface area contributed by atoms with Crippen molar-refractivity contribution in [2.24, 2.45) is 5.92 Å². The number of ether oxygens (including phenoxy) is 2. The standard InChI is InChI=1S/C17H29NO3/c1-14(2)7-4-5-10-18-12-15(19)13-21-17-9-6-8-16(11-17)20-3/h6,8-9,11,14-15,18-19H,4-5,7,10,12-13H2,1-3H3. The minimum Gasteiger partial charge on any atom is -0.497 e. The SMILES string of the molecule is COc1cccc(OCC(O)CNCCCCC(C)C)c1. The van der Waals surface area contributed by atoms with E-state index < -0.39 is 6.10 Å². The van der Waals surface area contributed by atoms with Gasteiger partial charge >= 0.3 is 0 Å². The summed E-state index contributed by atoms with van der Waals surface area (Å²) < 4.78 is 10.7. The molecular formula is C17H29NO3. The highest BCUT2D eigenvalue weighted by molar-refractivity contribution is 5.32. The van der Waals surface area contributed by atoms with Crippen LogP contribution in [0, 0.1) is 5.92 Å². The lowest BCUT2D eigenvalue weighted by molar-refractivity contribution is 0.106. The lowest BCUT2D eigenvalue weighted by Crippen LogP contribution is -2.32. The van der Waals surface area contributed by atoms with Gasteiger partial charge in [0.2, 0.25) is 0 Å². The van der Waals surface area contributed by atoms with Crippen LogP contribution in [0.2, 0.25) is 0 Å². The number of aliphatic hydroxyl groups excluding tert-OH is 1. The number of unbranched alkanes of at least 4 members (excludes halogenated alkanes) is 1. The summed E-state index contributed by atoms with van der Waals surface area (Å²) in [4.78, 5) is 0. The second-order valence-electron chi connectivity index (χ2n) is 5.74. The Morgan fingerprint density at radius 3 is 2.67 bits per heavy atom. The first kappa shape index (κ1) is 17.8. The fourth-order valence-electron chi connectivity index (χ4n) is 2.01. The molecule has 1 rings (SSSR count). The Hall–Kier alpha value is -1.26. The second kappa shape index (κ2) is 10.5. The number of hydrogen-bond acceptors (Lipinski definition) is 4. The first-order valence-corrected chi connectivity index (χ1v) is 7.77. The summed E-state index contributed by atoms with van der Waals surface area (Å²) >= 11 is 0. The number of nitrogens with one attached hydrogen (secondary N) is 1. The van der Waals surface area contributed by atoms with Crippen LogP contribution in [0.3, 0.4) is 0 Å². The quantitative estimate of drug-likeness (QED) is 0.616. The van der Waals surface area contributed by atoms with Crippen molar-refractivity contribution >= 4 is 0 Å². The molecule has 2 N–H and O–H groups in total. The molecule has 1 atom stereocenters. The summed E-state index contributed by atoms with van der Waals surface area (Å²) in [6.07, 6.45) is 3.16. The highest BCUT2D eigenvalue weighted by Gasteiger charge is 2.05. The van der Waals surface area contributed by atoms with E-state index in [4.69, 9.17) is 9.47 Å².